The monoisotopic (exact) mass is 314 g/mol. The molecule has 1 fully saturated rings. The van der Waals surface area contributed by atoms with Gasteiger partial charge in [-0.25, -0.2) is 8.42 Å². The third-order valence-corrected chi connectivity index (χ3v) is 5.12. The highest BCUT2D eigenvalue weighted by molar-refractivity contribution is 7.89. The predicted octanol–water partition coefficient (Wildman–Crippen LogP) is -0.172. The number of aromatic nitrogens is 1. The average Bonchev–Trinajstić information content (AvgIpc) is 2.53. The first-order valence-corrected chi connectivity index (χ1v) is 8.20. The van der Waals surface area contributed by atoms with E-state index in [2.05, 4.69) is 9.72 Å². The summed E-state index contributed by atoms with van der Waals surface area (Å²) in [6.45, 7) is 0.454. The van der Waals surface area contributed by atoms with Crippen LogP contribution in [0.5, 0.6) is 0 Å². The lowest BCUT2D eigenvalue weighted by molar-refractivity contribution is -0.149. The molecule has 21 heavy (non-hydrogen) atoms. The molecule has 0 N–H and O–H groups in total. The normalized spacial score (nSPS) is 20.1. The summed E-state index contributed by atoms with van der Waals surface area (Å²) < 4.78 is 35.8. The number of nitrogens with zero attached hydrogens (tertiary/aromatic N) is 2. The van der Waals surface area contributed by atoms with Crippen molar-refractivity contribution in [1.82, 2.24) is 9.29 Å². The number of hydrogen-bond acceptors (Lipinski definition) is 6. The summed E-state index contributed by atoms with van der Waals surface area (Å²) in [4.78, 5) is 15.8. The number of rotatable bonds is 5. The molecular formula is C13H18N2O5S. The van der Waals surface area contributed by atoms with Gasteiger partial charge in [0.1, 0.15) is 6.04 Å². The Morgan fingerprint density at radius 3 is 3.00 bits per heavy atom. The molecule has 0 saturated carbocycles. The summed E-state index contributed by atoms with van der Waals surface area (Å²) in [6, 6.07) is 4.44. The Kier molecular flexibility index (Phi) is 5.27. The van der Waals surface area contributed by atoms with Gasteiger partial charge in [0, 0.05) is 24.9 Å². The summed E-state index contributed by atoms with van der Waals surface area (Å²) in [5.74, 6) is -0.701. The first kappa shape index (κ1) is 15.9. The quantitative estimate of drug-likeness (QED) is 0.701. The Morgan fingerprint density at radius 1 is 1.52 bits per heavy atom. The van der Waals surface area contributed by atoms with Crippen LogP contribution in [0.4, 0.5) is 0 Å². The van der Waals surface area contributed by atoms with Crippen molar-refractivity contribution in [3.63, 3.8) is 0 Å². The second-order valence-electron chi connectivity index (χ2n) is 4.61. The van der Waals surface area contributed by atoms with Crippen molar-refractivity contribution < 1.29 is 22.7 Å². The van der Waals surface area contributed by atoms with Gasteiger partial charge in [0.25, 0.3) is 0 Å². The van der Waals surface area contributed by atoms with Gasteiger partial charge in [-0.05, 0) is 12.1 Å². The van der Waals surface area contributed by atoms with Gasteiger partial charge < -0.3 is 9.47 Å². The summed E-state index contributed by atoms with van der Waals surface area (Å²) in [6.07, 6.45) is 1.92. The molecule has 1 aromatic heterocycles. The lowest BCUT2D eigenvalue weighted by Gasteiger charge is -2.32. The molecule has 0 bridgehead atoms. The summed E-state index contributed by atoms with van der Waals surface area (Å²) in [5, 5.41) is 0. The van der Waals surface area contributed by atoms with E-state index < -0.39 is 22.0 Å². The average molecular weight is 314 g/mol. The number of aryl methyl sites for hydroxylation is 1. The molecule has 0 spiro atoms. The van der Waals surface area contributed by atoms with Crippen molar-refractivity contribution in [3.8, 4) is 0 Å². The van der Waals surface area contributed by atoms with Gasteiger partial charge in [0.2, 0.25) is 10.0 Å². The fraction of sp³-hybridized carbons (Fsp3) is 0.538. The Balaban J connectivity index is 2.07. The number of ether oxygens (including phenoxy) is 2. The molecule has 1 unspecified atom stereocenters. The van der Waals surface area contributed by atoms with Crippen molar-refractivity contribution in [2.24, 2.45) is 0 Å². The Hall–Kier alpha value is -1.51. The Bertz CT molecular complexity index is 575. The van der Waals surface area contributed by atoms with Crippen molar-refractivity contribution in [3.05, 3.63) is 30.1 Å². The molecule has 1 saturated heterocycles. The molecule has 1 aromatic rings. The van der Waals surface area contributed by atoms with Crippen LogP contribution in [-0.2, 0) is 30.7 Å². The molecule has 116 valence electrons. The van der Waals surface area contributed by atoms with Gasteiger partial charge >= 0.3 is 5.97 Å². The van der Waals surface area contributed by atoms with Gasteiger partial charge in [0.05, 0.1) is 26.1 Å². The molecule has 1 aliphatic rings. The number of hydrogen-bond donors (Lipinski definition) is 0. The predicted molar refractivity (Wildman–Crippen MR) is 75.1 cm³/mol. The molecule has 8 heteroatoms. The molecular weight excluding hydrogens is 296 g/mol. The smallest absolute Gasteiger partial charge is 0.326 e. The highest BCUT2D eigenvalue weighted by Gasteiger charge is 2.37. The lowest BCUT2D eigenvalue weighted by atomic mass is 10.3. The molecule has 0 amide bonds. The van der Waals surface area contributed by atoms with E-state index in [1.165, 1.54) is 11.4 Å². The van der Waals surface area contributed by atoms with Gasteiger partial charge in [0.15, 0.2) is 0 Å². The van der Waals surface area contributed by atoms with E-state index >= 15 is 0 Å². The van der Waals surface area contributed by atoms with Crippen LogP contribution < -0.4 is 0 Å². The zero-order valence-electron chi connectivity index (χ0n) is 11.8. The largest absolute Gasteiger partial charge is 0.468 e. The van der Waals surface area contributed by atoms with Crippen LogP contribution in [0.25, 0.3) is 0 Å². The standard InChI is InChI=1S/C13H18N2O5S/c1-19-13(16)12-10-20-8-7-15(12)21(17,18)9-5-11-4-2-3-6-14-11/h2-4,6,12H,5,7-10H2,1H3. The summed E-state index contributed by atoms with van der Waals surface area (Å²) in [5.41, 5.74) is 0.698. The topological polar surface area (TPSA) is 85.8 Å². The van der Waals surface area contributed by atoms with Crippen LogP contribution in [0.15, 0.2) is 24.4 Å². The fourth-order valence-corrected chi connectivity index (χ4v) is 3.73. The first-order chi connectivity index (χ1) is 10.0. The van der Waals surface area contributed by atoms with E-state index in [0.29, 0.717) is 12.1 Å². The molecule has 2 heterocycles. The van der Waals surface area contributed by atoms with E-state index in [1.54, 1.807) is 24.4 Å². The maximum absolute atomic E-state index is 12.4. The minimum atomic E-state index is -3.57. The van der Waals surface area contributed by atoms with E-state index in [4.69, 9.17) is 4.74 Å². The van der Waals surface area contributed by atoms with Crippen LogP contribution in [0, 0.1) is 0 Å². The second-order valence-corrected chi connectivity index (χ2v) is 6.65. The zero-order chi connectivity index (χ0) is 15.3. The van der Waals surface area contributed by atoms with Gasteiger partial charge in [-0.3, -0.25) is 9.78 Å². The van der Waals surface area contributed by atoms with E-state index in [1.807, 2.05) is 0 Å². The summed E-state index contributed by atoms with van der Waals surface area (Å²) >= 11 is 0. The third kappa shape index (κ3) is 3.99. The van der Waals surface area contributed by atoms with Crippen molar-refractivity contribution in [2.75, 3.05) is 32.6 Å². The van der Waals surface area contributed by atoms with E-state index in [0.717, 1.165) is 0 Å². The Labute approximate surface area is 123 Å². The third-order valence-electron chi connectivity index (χ3n) is 3.25. The molecule has 7 nitrogen and oxygen atoms in total. The Morgan fingerprint density at radius 2 is 2.33 bits per heavy atom. The second kappa shape index (κ2) is 6.97. The van der Waals surface area contributed by atoms with Gasteiger partial charge in [-0.2, -0.15) is 4.31 Å². The molecule has 1 aliphatic heterocycles. The molecule has 2 rings (SSSR count). The molecule has 0 aliphatic carbocycles. The summed E-state index contributed by atoms with van der Waals surface area (Å²) in [7, 11) is -2.34. The van der Waals surface area contributed by atoms with Crippen molar-refractivity contribution in [2.45, 2.75) is 12.5 Å². The van der Waals surface area contributed by atoms with Crippen molar-refractivity contribution in [1.29, 1.82) is 0 Å². The number of carbonyl (C=O) groups is 1. The number of morpholine rings is 1. The van der Waals surface area contributed by atoms with E-state index in [9.17, 15) is 13.2 Å². The minimum absolute atomic E-state index is 0.0233. The highest BCUT2D eigenvalue weighted by atomic mass is 32.2. The first-order valence-electron chi connectivity index (χ1n) is 6.59. The van der Waals surface area contributed by atoms with E-state index in [-0.39, 0.29) is 25.5 Å². The minimum Gasteiger partial charge on any atom is -0.468 e. The van der Waals surface area contributed by atoms with Gasteiger partial charge in [-0.15, -0.1) is 0 Å². The van der Waals surface area contributed by atoms with Crippen LogP contribution in [0.3, 0.4) is 0 Å². The SMILES string of the molecule is COC(=O)C1COCCN1S(=O)(=O)CCc1ccccn1. The zero-order valence-corrected chi connectivity index (χ0v) is 12.6. The maximum Gasteiger partial charge on any atom is 0.326 e. The number of carbonyl (C=O) groups excluding carboxylic acids is 1. The van der Waals surface area contributed by atoms with Crippen LogP contribution in [0.2, 0.25) is 0 Å². The number of esters is 1. The number of sulfonamides is 1. The highest BCUT2D eigenvalue weighted by Crippen LogP contribution is 2.15. The molecule has 0 aromatic carbocycles. The van der Waals surface area contributed by atoms with Crippen LogP contribution in [0.1, 0.15) is 5.69 Å². The molecule has 0 radical (unpaired) electrons. The molecule has 1 atom stereocenters. The maximum atomic E-state index is 12.4. The fourth-order valence-electron chi connectivity index (χ4n) is 2.14. The van der Waals surface area contributed by atoms with Gasteiger partial charge in [-0.1, -0.05) is 6.07 Å². The number of pyridine rings is 1. The number of methoxy groups -OCH3 is 1. The van der Waals surface area contributed by atoms with Crippen LogP contribution in [-0.4, -0.2) is 62.3 Å². The van der Waals surface area contributed by atoms with Crippen molar-refractivity contribution >= 4 is 16.0 Å². The van der Waals surface area contributed by atoms with Crippen LogP contribution >= 0.6 is 0 Å². The lowest BCUT2D eigenvalue weighted by Crippen LogP contribution is -2.53.